The van der Waals surface area contributed by atoms with Gasteiger partial charge in [0.2, 0.25) is 5.91 Å². The van der Waals surface area contributed by atoms with Crippen molar-refractivity contribution in [2.24, 2.45) is 5.92 Å². The van der Waals surface area contributed by atoms with Gasteiger partial charge >= 0.3 is 0 Å². The zero-order chi connectivity index (χ0) is 21.3. The summed E-state index contributed by atoms with van der Waals surface area (Å²) in [7, 11) is -3.72. The summed E-state index contributed by atoms with van der Waals surface area (Å²) in [6.07, 6.45) is 3.53. The van der Waals surface area contributed by atoms with Crippen molar-refractivity contribution < 1.29 is 17.6 Å². The lowest BCUT2D eigenvalue weighted by atomic mass is 9.99. The van der Waals surface area contributed by atoms with E-state index in [0.717, 1.165) is 25.9 Å². The van der Waals surface area contributed by atoms with Crippen LogP contribution in [0.15, 0.2) is 59.6 Å². The van der Waals surface area contributed by atoms with Crippen LogP contribution in [0.3, 0.4) is 0 Å². The Hall–Kier alpha value is -2.67. The number of aromatic nitrogens is 1. The SMILES string of the molecule is CC1CCN(C(=O)Cn2cc(S(=O)(=O)Cc3cccc(F)c3)c3ccccc32)CC1. The maximum atomic E-state index is 13.5. The lowest BCUT2D eigenvalue weighted by Gasteiger charge is -2.30. The van der Waals surface area contributed by atoms with Crippen molar-refractivity contribution in [1.82, 2.24) is 9.47 Å². The Labute approximate surface area is 176 Å². The third kappa shape index (κ3) is 4.26. The second kappa shape index (κ2) is 8.22. The molecule has 7 heteroatoms. The lowest BCUT2D eigenvalue weighted by Crippen LogP contribution is -2.39. The summed E-state index contributed by atoms with van der Waals surface area (Å²) >= 11 is 0. The zero-order valence-corrected chi connectivity index (χ0v) is 17.7. The molecule has 0 bridgehead atoms. The van der Waals surface area contributed by atoms with E-state index in [1.165, 1.54) is 18.2 Å². The summed E-state index contributed by atoms with van der Waals surface area (Å²) in [6, 6.07) is 12.8. The number of benzene rings is 2. The van der Waals surface area contributed by atoms with E-state index in [-0.39, 0.29) is 23.1 Å². The number of hydrogen-bond acceptors (Lipinski definition) is 3. The molecule has 5 nitrogen and oxygen atoms in total. The molecule has 3 aromatic rings. The zero-order valence-electron chi connectivity index (χ0n) is 16.9. The molecule has 1 aliphatic heterocycles. The molecule has 0 saturated carbocycles. The summed E-state index contributed by atoms with van der Waals surface area (Å²) in [5, 5.41) is 0.578. The number of carbonyl (C=O) groups is 1. The number of piperidine rings is 1. The van der Waals surface area contributed by atoms with E-state index >= 15 is 0 Å². The van der Waals surface area contributed by atoms with Gasteiger partial charge in [-0.25, -0.2) is 12.8 Å². The normalized spacial score (nSPS) is 15.6. The average molecular weight is 429 g/mol. The largest absolute Gasteiger partial charge is 0.341 e. The van der Waals surface area contributed by atoms with E-state index in [4.69, 9.17) is 0 Å². The van der Waals surface area contributed by atoms with Crippen molar-refractivity contribution in [3.63, 3.8) is 0 Å². The van der Waals surface area contributed by atoms with Crippen LogP contribution in [0.2, 0.25) is 0 Å². The second-order valence-electron chi connectivity index (χ2n) is 8.09. The van der Waals surface area contributed by atoms with Gasteiger partial charge in [0.15, 0.2) is 9.84 Å². The molecule has 2 aromatic carbocycles. The predicted octanol–water partition coefficient (Wildman–Crippen LogP) is 4.01. The number of sulfone groups is 1. The Bertz CT molecular complexity index is 1180. The quantitative estimate of drug-likeness (QED) is 0.617. The van der Waals surface area contributed by atoms with Crippen LogP contribution in [0.25, 0.3) is 10.9 Å². The van der Waals surface area contributed by atoms with E-state index < -0.39 is 15.7 Å². The third-order valence-corrected chi connectivity index (χ3v) is 7.48. The van der Waals surface area contributed by atoms with Gasteiger partial charge in [-0.05, 0) is 42.5 Å². The van der Waals surface area contributed by atoms with Crippen molar-refractivity contribution in [3.05, 3.63) is 66.1 Å². The molecule has 0 N–H and O–H groups in total. The number of fused-ring (bicyclic) bond motifs is 1. The fourth-order valence-electron chi connectivity index (χ4n) is 4.02. The highest BCUT2D eigenvalue weighted by Crippen LogP contribution is 2.28. The van der Waals surface area contributed by atoms with Crippen LogP contribution in [0.4, 0.5) is 4.39 Å². The Morgan fingerprint density at radius 1 is 1.10 bits per heavy atom. The van der Waals surface area contributed by atoms with Crippen molar-refractivity contribution in [2.45, 2.75) is 37.0 Å². The van der Waals surface area contributed by atoms with E-state index in [9.17, 15) is 17.6 Å². The van der Waals surface area contributed by atoms with Crippen LogP contribution in [0, 0.1) is 11.7 Å². The minimum absolute atomic E-state index is 0.00303. The number of hydrogen-bond donors (Lipinski definition) is 0. The van der Waals surface area contributed by atoms with Crippen LogP contribution in [-0.2, 0) is 26.9 Å². The molecule has 1 saturated heterocycles. The first-order chi connectivity index (χ1) is 14.3. The molecule has 4 rings (SSSR count). The van der Waals surface area contributed by atoms with E-state index in [1.54, 1.807) is 29.0 Å². The molecule has 0 atom stereocenters. The number of rotatable bonds is 5. The topological polar surface area (TPSA) is 59.4 Å². The molecule has 0 unspecified atom stereocenters. The number of likely N-dealkylation sites (tertiary alicyclic amines) is 1. The van der Waals surface area contributed by atoms with Crippen molar-refractivity contribution in [1.29, 1.82) is 0 Å². The minimum Gasteiger partial charge on any atom is -0.341 e. The van der Waals surface area contributed by atoms with Gasteiger partial charge in [0.05, 0.1) is 10.6 Å². The minimum atomic E-state index is -3.72. The lowest BCUT2D eigenvalue weighted by molar-refractivity contribution is -0.133. The van der Waals surface area contributed by atoms with E-state index in [1.807, 2.05) is 17.0 Å². The maximum absolute atomic E-state index is 13.5. The maximum Gasteiger partial charge on any atom is 0.242 e. The van der Waals surface area contributed by atoms with Gasteiger partial charge in [-0.15, -0.1) is 0 Å². The molecule has 1 amide bonds. The van der Waals surface area contributed by atoms with Crippen LogP contribution < -0.4 is 0 Å². The van der Waals surface area contributed by atoms with E-state index in [2.05, 4.69) is 6.92 Å². The first kappa shape index (κ1) is 20.6. The van der Waals surface area contributed by atoms with Gasteiger partial charge in [-0.3, -0.25) is 4.79 Å². The van der Waals surface area contributed by atoms with Gasteiger partial charge < -0.3 is 9.47 Å². The Morgan fingerprint density at radius 3 is 2.57 bits per heavy atom. The van der Waals surface area contributed by atoms with Crippen LogP contribution in [0.1, 0.15) is 25.3 Å². The number of para-hydroxylation sites is 1. The number of nitrogens with zero attached hydrogens (tertiary/aromatic N) is 2. The molecule has 158 valence electrons. The average Bonchev–Trinajstić information content (AvgIpc) is 3.08. The molecule has 2 heterocycles. The van der Waals surface area contributed by atoms with Crippen molar-refractivity contribution >= 4 is 26.6 Å². The third-order valence-electron chi connectivity index (χ3n) is 5.77. The van der Waals surface area contributed by atoms with Crippen LogP contribution in [-0.4, -0.2) is 36.9 Å². The molecule has 1 aliphatic rings. The molecule has 30 heavy (non-hydrogen) atoms. The fourth-order valence-corrected chi connectivity index (χ4v) is 5.59. The molecule has 1 aromatic heterocycles. The van der Waals surface area contributed by atoms with Gasteiger partial charge in [-0.2, -0.15) is 0 Å². The molecular weight excluding hydrogens is 403 g/mol. The van der Waals surface area contributed by atoms with Crippen LogP contribution in [0.5, 0.6) is 0 Å². The fraction of sp³-hybridized carbons (Fsp3) is 0.348. The summed E-state index contributed by atoms with van der Waals surface area (Å²) < 4.78 is 41.5. The first-order valence-corrected chi connectivity index (χ1v) is 11.8. The van der Waals surface area contributed by atoms with Crippen LogP contribution >= 0.6 is 0 Å². The molecule has 0 radical (unpaired) electrons. The summed E-state index contributed by atoms with van der Waals surface area (Å²) in [5.41, 5.74) is 1.10. The summed E-state index contributed by atoms with van der Waals surface area (Å²) in [4.78, 5) is 14.8. The molecule has 1 fully saturated rings. The van der Waals surface area contributed by atoms with E-state index in [0.29, 0.717) is 22.4 Å². The summed E-state index contributed by atoms with van der Waals surface area (Å²) in [6.45, 7) is 3.77. The number of amides is 1. The Morgan fingerprint density at radius 2 is 1.83 bits per heavy atom. The number of carbonyl (C=O) groups excluding carboxylic acids is 1. The summed E-state index contributed by atoms with van der Waals surface area (Å²) in [5.74, 6) is -0.138. The highest BCUT2D eigenvalue weighted by atomic mass is 32.2. The Balaban J connectivity index is 1.64. The van der Waals surface area contributed by atoms with Gasteiger partial charge in [-0.1, -0.05) is 37.3 Å². The van der Waals surface area contributed by atoms with Gasteiger partial charge in [0.1, 0.15) is 12.4 Å². The number of halogens is 1. The Kier molecular flexibility index (Phi) is 5.64. The molecular formula is C23H25FN2O3S. The molecule has 0 spiro atoms. The van der Waals surface area contributed by atoms with Crippen molar-refractivity contribution in [3.8, 4) is 0 Å². The smallest absolute Gasteiger partial charge is 0.242 e. The van der Waals surface area contributed by atoms with Crippen molar-refractivity contribution in [2.75, 3.05) is 13.1 Å². The second-order valence-corrected chi connectivity index (χ2v) is 10.0. The molecule has 0 aliphatic carbocycles. The highest BCUT2D eigenvalue weighted by Gasteiger charge is 2.25. The highest BCUT2D eigenvalue weighted by molar-refractivity contribution is 7.90. The predicted molar refractivity (Wildman–Crippen MR) is 114 cm³/mol. The first-order valence-electron chi connectivity index (χ1n) is 10.2. The standard InChI is InChI=1S/C23H25FN2O3S/c1-17-9-11-25(12-10-17)23(27)15-26-14-22(20-7-2-3-8-21(20)26)30(28,29)16-18-5-4-6-19(24)13-18/h2-8,13-14,17H,9-12,15-16H2,1H3. The van der Waals surface area contributed by atoms with Gasteiger partial charge in [0, 0.05) is 30.2 Å². The van der Waals surface area contributed by atoms with Gasteiger partial charge in [0.25, 0.3) is 0 Å². The monoisotopic (exact) mass is 428 g/mol.